The van der Waals surface area contributed by atoms with Gasteiger partial charge in [0.1, 0.15) is 5.54 Å². The Morgan fingerprint density at radius 2 is 1.84 bits per heavy atom. The molecule has 0 radical (unpaired) electrons. The van der Waals surface area contributed by atoms with E-state index in [1.54, 1.807) is 4.68 Å². The van der Waals surface area contributed by atoms with Crippen LogP contribution in [0.5, 0.6) is 0 Å². The number of benzene rings is 1. The van der Waals surface area contributed by atoms with Crippen LogP contribution in [0, 0.1) is 0 Å². The van der Waals surface area contributed by atoms with Crippen molar-refractivity contribution in [3.8, 4) is 0 Å². The van der Waals surface area contributed by atoms with E-state index in [-0.39, 0.29) is 5.91 Å². The van der Waals surface area contributed by atoms with E-state index in [1.807, 2.05) is 49.6 Å². The van der Waals surface area contributed by atoms with Crippen LogP contribution in [0.4, 0.5) is 11.5 Å². The average Bonchev–Trinajstić information content (AvgIpc) is 3.01. The number of anilines is 2. The molecule has 1 saturated heterocycles. The molecule has 0 aliphatic carbocycles. The van der Waals surface area contributed by atoms with Gasteiger partial charge >= 0.3 is 0 Å². The molecule has 1 aromatic carbocycles. The summed E-state index contributed by atoms with van der Waals surface area (Å²) in [5.41, 5.74) is 0.348. The molecule has 2 aromatic rings. The number of carbonyl (C=O) groups is 1. The molecule has 3 rings (SSSR count). The number of nitrogens with zero attached hydrogens (tertiary/aromatic N) is 3. The Labute approximate surface area is 149 Å². The molecule has 0 saturated carbocycles. The van der Waals surface area contributed by atoms with Crippen molar-refractivity contribution < 1.29 is 4.79 Å². The average molecular weight is 341 g/mol. The number of nitrogens with one attached hydrogen (secondary N) is 2. The van der Waals surface area contributed by atoms with E-state index >= 15 is 0 Å². The number of para-hydroxylation sites is 1. The van der Waals surface area contributed by atoms with Gasteiger partial charge < -0.3 is 15.5 Å². The molecule has 2 heterocycles. The minimum Gasteiger partial charge on any atom is -0.371 e. The SMILES string of the molecule is CC(C)N1CCC(Nc2ccccc2)(C(=O)Nc2ccn(C)n2)CC1. The maximum absolute atomic E-state index is 13.1. The number of piperidine rings is 1. The van der Waals surface area contributed by atoms with Crippen LogP contribution >= 0.6 is 0 Å². The molecule has 6 heteroatoms. The van der Waals surface area contributed by atoms with Crippen LogP contribution < -0.4 is 10.6 Å². The van der Waals surface area contributed by atoms with Gasteiger partial charge in [0.15, 0.2) is 5.82 Å². The first-order valence-corrected chi connectivity index (χ1v) is 8.87. The van der Waals surface area contributed by atoms with Crippen LogP contribution in [0.25, 0.3) is 0 Å². The standard InChI is InChI=1S/C19H27N5O/c1-15(2)24-13-10-19(11-14-24,21-16-7-5-4-6-8-16)18(25)20-17-9-12-23(3)22-17/h4-9,12,15,21H,10-11,13-14H2,1-3H3,(H,20,22,25). The largest absolute Gasteiger partial charge is 0.371 e. The maximum atomic E-state index is 13.1. The second-order valence-corrected chi connectivity index (χ2v) is 7.03. The molecule has 0 unspecified atom stereocenters. The third-order valence-corrected chi connectivity index (χ3v) is 4.93. The molecule has 1 aromatic heterocycles. The second kappa shape index (κ2) is 7.27. The number of hydrogen-bond donors (Lipinski definition) is 2. The number of rotatable bonds is 5. The van der Waals surface area contributed by atoms with Crippen LogP contribution in [-0.4, -0.2) is 45.3 Å². The van der Waals surface area contributed by atoms with Crippen molar-refractivity contribution in [1.82, 2.24) is 14.7 Å². The van der Waals surface area contributed by atoms with Crippen molar-refractivity contribution in [2.24, 2.45) is 7.05 Å². The smallest absolute Gasteiger partial charge is 0.251 e. The van der Waals surface area contributed by atoms with E-state index in [1.165, 1.54) is 0 Å². The highest BCUT2D eigenvalue weighted by Crippen LogP contribution is 2.29. The molecule has 1 aliphatic heterocycles. The zero-order valence-corrected chi connectivity index (χ0v) is 15.2. The predicted octanol–water partition coefficient (Wildman–Crippen LogP) is 2.71. The van der Waals surface area contributed by atoms with E-state index in [0.717, 1.165) is 31.6 Å². The summed E-state index contributed by atoms with van der Waals surface area (Å²) in [7, 11) is 1.84. The van der Waals surface area contributed by atoms with Crippen molar-refractivity contribution >= 4 is 17.4 Å². The monoisotopic (exact) mass is 341 g/mol. The Morgan fingerprint density at radius 3 is 2.40 bits per heavy atom. The minimum absolute atomic E-state index is 0.0153. The van der Waals surface area contributed by atoms with Gasteiger partial charge in [-0.3, -0.25) is 9.48 Å². The fourth-order valence-corrected chi connectivity index (χ4v) is 3.35. The molecule has 1 fully saturated rings. The van der Waals surface area contributed by atoms with Crippen molar-refractivity contribution in [2.45, 2.75) is 38.3 Å². The molecule has 6 nitrogen and oxygen atoms in total. The molecule has 25 heavy (non-hydrogen) atoms. The summed E-state index contributed by atoms with van der Waals surface area (Å²) in [6, 6.07) is 12.3. The van der Waals surface area contributed by atoms with Crippen LogP contribution in [0.15, 0.2) is 42.6 Å². The lowest BCUT2D eigenvalue weighted by molar-refractivity contribution is -0.122. The van der Waals surface area contributed by atoms with E-state index in [9.17, 15) is 4.79 Å². The topological polar surface area (TPSA) is 62.2 Å². The third kappa shape index (κ3) is 4.02. The summed E-state index contributed by atoms with van der Waals surface area (Å²) in [5.74, 6) is 0.575. The number of likely N-dealkylation sites (tertiary alicyclic amines) is 1. The molecule has 0 bridgehead atoms. The van der Waals surface area contributed by atoms with Gasteiger partial charge in [-0.05, 0) is 38.8 Å². The molecular weight excluding hydrogens is 314 g/mol. The lowest BCUT2D eigenvalue weighted by atomic mass is 9.85. The van der Waals surface area contributed by atoms with Crippen LogP contribution in [0.2, 0.25) is 0 Å². The van der Waals surface area contributed by atoms with Gasteiger partial charge in [0, 0.05) is 44.1 Å². The highest BCUT2D eigenvalue weighted by atomic mass is 16.2. The van der Waals surface area contributed by atoms with Crippen molar-refractivity contribution in [3.63, 3.8) is 0 Å². The molecule has 1 aliphatic rings. The lowest BCUT2D eigenvalue weighted by Crippen LogP contribution is -2.57. The molecule has 0 atom stereocenters. The Hall–Kier alpha value is -2.34. The number of hydrogen-bond acceptors (Lipinski definition) is 4. The molecule has 2 N–H and O–H groups in total. The Balaban J connectivity index is 1.80. The summed E-state index contributed by atoms with van der Waals surface area (Å²) in [5, 5.41) is 10.8. The summed E-state index contributed by atoms with van der Waals surface area (Å²) in [4.78, 5) is 15.6. The highest BCUT2D eigenvalue weighted by molar-refractivity contribution is 5.99. The van der Waals surface area contributed by atoms with Gasteiger partial charge in [0.25, 0.3) is 5.91 Å². The first kappa shape index (κ1) is 17.5. The summed E-state index contributed by atoms with van der Waals surface area (Å²) in [6.07, 6.45) is 3.35. The Bertz CT molecular complexity index is 702. The van der Waals surface area contributed by atoms with E-state index in [2.05, 4.69) is 34.5 Å². The van der Waals surface area contributed by atoms with Crippen molar-refractivity contribution in [3.05, 3.63) is 42.6 Å². The second-order valence-electron chi connectivity index (χ2n) is 7.03. The van der Waals surface area contributed by atoms with Crippen LogP contribution in [0.3, 0.4) is 0 Å². The van der Waals surface area contributed by atoms with E-state index in [4.69, 9.17) is 0 Å². The summed E-state index contributed by atoms with van der Waals surface area (Å²) < 4.78 is 1.69. The minimum atomic E-state index is -0.621. The summed E-state index contributed by atoms with van der Waals surface area (Å²) in [6.45, 7) is 6.19. The zero-order valence-electron chi connectivity index (χ0n) is 15.2. The fraction of sp³-hybridized carbons (Fsp3) is 0.474. The molecular formula is C19H27N5O. The van der Waals surface area contributed by atoms with Gasteiger partial charge in [-0.2, -0.15) is 5.10 Å². The molecule has 134 valence electrons. The number of aryl methyl sites for hydroxylation is 1. The quantitative estimate of drug-likeness (QED) is 0.878. The van der Waals surface area contributed by atoms with Crippen molar-refractivity contribution in [2.75, 3.05) is 23.7 Å². The zero-order chi connectivity index (χ0) is 17.9. The van der Waals surface area contributed by atoms with Crippen molar-refractivity contribution in [1.29, 1.82) is 0 Å². The van der Waals surface area contributed by atoms with E-state index < -0.39 is 5.54 Å². The maximum Gasteiger partial charge on any atom is 0.251 e. The highest BCUT2D eigenvalue weighted by Gasteiger charge is 2.42. The van der Waals surface area contributed by atoms with Crippen LogP contribution in [0.1, 0.15) is 26.7 Å². The normalized spacial score (nSPS) is 17.4. The third-order valence-electron chi connectivity index (χ3n) is 4.93. The number of aromatic nitrogens is 2. The predicted molar refractivity (Wildman–Crippen MR) is 101 cm³/mol. The van der Waals surface area contributed by atoms with Gasteiger partial charge in [0.05, 0.1) is 0 Å². The number of amides is 1. The van der Waals surface area contributed by atoms with Gasteiger partial charge in [-0.25, -0.2) is 0 Å². The van der Waals surface area contributed by atoms with Gasteiger partial charge in [-0.15, -0.1) is 0 Å². The first-order valence-electron chi connectivity index (χ1n) is 8.87. The van der Waals surface area contributed by atoms with E-state index in [0.29, 0.717) is 11.9 Å². The molecule has 1 amide bonds. The lowest BCUT2D eigenvalue weighted by Gasteiger charge is -2.43. The fourth-order valence-electron chi connectivity index (χ4n) is 3.35. The van der Waals surface area contributed by atoms with Gasteiger partial charge in [-0.1, -0.05) is 18.2 Å². The Kier molecular flexibility index (Phi) is 5.08. The number of carbonyl (C=O) groups excluding carboxylic acids is 1. The summed E-state index contributed by atoms with van der Waals surface area (Å²) >= 11 is 0. The Morgan fingerprint density at radius 1 is 1.16 bits per heavy atom. The van der Waals surface area contributed by atoms with Crippen LogP contribution in [-0.2, 0) is 11.8 Å². The first-order chi connectivity index (χ1) is 12.0. The van der Waals surface area contributed by atoms with Gasteiger partial charge in [0.2, 0.25) is 0 Å². The molecule has 0 spiro atoms.